The van der Waals surface area contributed by atoms with Crippen molar-refractivity contribution >= 4 is 12.7 Å². The first-order valence-electron chi connectivity index (χ1n) is 8.27. The second kappa shape index (κ2) is 6.39. The van der Waals surface area contributed by atoms with E-state index in [1.807, 2.05) is 39.7 Å². The highest BCUT2D eigenvalue weighted by Gasteiger charge is 2.50. The van der Waals surface area contributed by atoms with Crippen LogP contribution in [0.25, 0.3) is 5.57 Å². The fourth-order valence-corrected chi connectivity index (χ4v) is 2.74. The molecular formula is C20H21BF2O2. The topological polar surface area (TPSA) is 18.5 Å². The van der Waals surface area contributed by atoms with Crippen LogP contribution in [0.4, 0.5) is 8.78 Å². The van der Waals surface area contributed by atoms with Crippen LogP contribution in [-0.4, -0.2) is 18.3 Å². The maximum Gasteiger partial charge on any atom is 0.487 e. The average molecular weight is 342 g/mol. The van der Waals surface area contributed by atoms with Gasteiger partial charge in [-0.2, -0.15) is 0 Å². The molecule has 130 valence electrons. The number of hydrogen-bond acceptors (Lipinski definition) is 2. The molecule has 1 aliphatic heterocycles. The molecule has 2 nitrogen and oxygen atoms in total. The largest absolute Gasteiger partial charge is 0.487 e. The highest BCUT2D eigenvalue weighted by molar-refractivity contribution is 6.53. The Kier molecular flexibility index (Phi) is 4.56. The van der Waals surface area contributed by atoms with E-state index < -0.39 is 18.3 Å². The molecule has 0 amide bonds. The third-order valence-corrected chi connectivity index (χ3v) is 4.87. The van der Waals surface area contributed by atoms with Crippen molar-refractivity contribution < 1.29 is 18.1 Å². The third kappa shape index (κ3) is 3.67. The van der Waals surface area contributed by atoms with Crippen LogP contribution in [0.15, 0.2) is 54.5 Å². The zero-order chi connectivity index (χ0) is 18.2. The van der Waals surface area contributed by atoms with Crippen LogP contribution in [0.1, 0.15) is 38.8 Å². The highest BCUT2D eigenvalue weighted by atomic mass is 19.1. The first-order valence-corrected chi connectivity index (χ1v) is 8.27. The summed E-state index contributed by atoms with van der Waals surface area (Å²) < 4.78 is 39.1. The van der Waals surface area contributed by atoms with Gasteiger partial charge in [-0.05, 0) is 74.6 Å². The maximum atomic E-state index is 13.7. The molecule has 1 saturated heterocycles. The Balaban J connectivity index is 2.04. The lowest BCUT2D eigenvalue weighted by Gasteiger charge is -2.32. The van der Waals surface area contributed by atoms with Crippen LogP contribution in [0.5, 0.6) is 0 Å². The molecule has 1 fully saturated rings. The zero-order valence-electron chi connectivity index (χ0n) is 14.8. The molecule has 2 aromatic rings. The molecule has 2 aromatic carbocycles. The van der Waals surface area contributed by atoms with Crippen molar-refractivity contribution in [1.29, 1.82) is 0 Å². The smallest absolute Gasteiger partial charge is 0.400 e. The quantitative estimate of drug-likeness (QED) is 0.729. The van der Waals surface area contributed by atoms with Crippen molar-refractivity contribution in [2.24, 2.45) is 0 Å². The molecule has 1 aliphatic rings. The molecule has 1 heterocycles. The van der Waals surface area contributed by atoms with Crippen molar-refractivity contribution in [1.82, 2.24) is 0 Å². The van der Waals surface area contributed by atoms with Gasteiger partial charge in [-0.15, -0.1) is 0 Å². The van der Waals surface area contributed by atoms with Gasteiger partial charge in [0.25, 0.3) is 0 Å². The number of benzene rings is 2. The van der Waals surface area contributed by atoms with E-state index in [1.54, 1.807) is 18.2 Å². The van der Waals surface area contributed by atoms with E-state index in [2.05, 4.69) is 0 Å². The van der Waals surface area contributed by atoms with E-state index in [9.17, 15) is 8.78 Å². The van der Waals surface area contributed by atoms with Crippen molar-refractivity contribution in [3.8, 4) is 0 Å². The Labute approximate surface area is 147 Å². The van der Waals surface area contributed by atoms with Crippen molar-refractivity contribution in [3.63, 3.8) is 0 Å². The highest BCUT2D eigenvalue weighted by Crippen LogP contribution is 2.38. The standard InChI is InChI=1S/C20H21BF2O2/c1-19(2)20(3,4)25-21(24-19)13-18(14-8-10-16(22)11-9-14)15-6-5-7-17(23)12-15/h5-13H,1-4H3/b18-13-. The predicted molar refractivity (Wildman–Crippen MR) is 96.0 cm³/mol. The van der Waals surface area contributed by atoms with Crippen molar-refractivity contribution in [3.05, 3.63) is 77.3 Å². The Morgan fingerprint density at radius 3 is 2.00 bits per heavy atom. The van der Waals surface area contributed by atoms with E-state index >= 15 is 0 Å². The summed E-state index contributed by atoms with van der Waals surface area (Å²) in [4.78, 5) is 0. The molecule has 25 heavy (non-hydrogen) atoms. The van der Waals surface area contributed by atoms with Crippen molar-refractivity contribution in [2.75, 3.05) is 0 Å². The number of hydrogen-bond donors (Lipinski definition) is 0. The van der Waals surface area contributed by atoms with Gasteiger partial charge in [0.1, 0.15) is 11.6 Å². The van der Waals surface area contributed by atoms with Crippen LogP contribution in [0, 0.1) is 11.6 Å². The van der Waals surface area contributed by atoms with Crippen LogP contribution >= 0.6 is 0 Å². The molecule has 0 N–H and O–H groups in total. The van der Waals surface area contributed by atoms with Crippen LogP contribution < -0.4 is 0 Å². The number of rotatable bonds is 3. The second-order valence-electron chi connectivity index (χ2n) is 7.22. The molecule has 0 aromatic heterocycles. The summed E-state index contributed by atoms with van der Waals surface area (Å²) in [6.45, 7) is 7.89. The first-order chi connectivity index (χ1) is 11.7. The lowest BCUT2D eigenvalue weighted by Crippen LogP contribution is -2.41. The molecule has 5 heteroatoms. The van der Waals surface area contributed by atoms with Crippen LogP contribution in [-0.2, 0) is 9.31 Å². The third-order valence-electron chi connectivity index (χ3n) is 4.87. The predicted octanol–water partition coefficient (Wildman–Crippen LogP) is 5.03. The summed E-state index contributed by atoms with van der Waals surface area (Å²) in [6, 6.07) is 12.4. The molecule has 0 radical (unpaired) electrons. The van der Waals surface area contributed by atoms with E-state index in [1.165, 1.54) is 24.3 Å². The van der Waals surface area contributed by atoms with E-state index in [4.69, 9.17) is 9.31 Å². The van der Waals surface area contributed by atoms with Gasteiger partial charge in [-0.1, -0.05) is 24.3 Å². The molecule has 0 aliphatic carbocycles. The summed E-state index contributed by atoms with van der Waals surface area (Å²) in [6.07, 6.45) is 0. The summed E-state index contributed by atoms with van der Waals surface area (Å²) in [5.41, 5.74) is 1.25. The van der Waals surface area contributed by atoms with Crippen molar-refractivity contribution in [2.45, 2.75) is 38.9 Å². The molecule has 0 bridgehead atoms. The van der Waals surface area contributed by atoms with Crippen LogP contribution in [0.2, 0.25) is 0 Å². The van der Waals surface area contributed by atoms with Gasteiger partial charge in [-0.25, -0.2) is 8.78 Å². The Morgan fingerprint density at radius 2 is 1.44 bits per heavy atom. The minimum atomic E-state index is -0.576. The van der Waals surface area contributed by atoms with Gasteiger partial charge in [-0.3, -0.25) is 0 Å². The number of halogens is 2. The average Bonchev–Trinajstić information content (AvgIpc) is 2.73. The molecule has 0 unspecified atom stereocenters. The van der Waals surface area contributed by atoms with Gasteiger partial charge in [0, 0.05) is 0 Å². The summed E-state index contributed by atoms with van der Waals surface area (Å²) >= 11 is 0. The molecule has 0 atom stereocenters. The lowest BCUT2D eigenvalue weighted by molar-refractivity contribution is 0.00578. The van der Waals surface area contributed by atoms with E-state index in [0.717, 1.165) is 11.1 Å². The normalized spacial score (nSPS) is 19.3. The van der Waals surface area contributed by atoms with Gasteiger partial charge >= 0.3 is 7.12 Å². The van der Waals surface area contributed by atoms with Gasteiger partial charge in [0.15, 0.2) is 0 Å². The molecule has 0 saturated carbocycles. The minimum Gasteiger partial charge on any atom is -0.400 e. The van der Waals surface area contributed by atoms with E-state index in [0.29, 0.717) is 5.56 Å². The summed E-state index contributed by atoms with van der Waals surface area (Å²) in [5.74, 6) is 1.16. The van der Waals surface area contributed by atoms with Gasteiger partial charge in [0.2, 0.25) is 0 Å². The fraction of sp³-hybridized carbons (Fsp3) is 0.300. The molecule has 0 spiro atoms. The minimum absolute atomic E-state index is 0.321. The summed E-state index contributed by atoms with van der Waals surface area (Å²) in [7, 11) is -0.576. The van der Waals surface area contributed by atoms with Gasteiger partial charge < -0.3 is 9.31 Å². The Morgan fingerprint density at radius 1 is 0.840 bits per heavy atom. The Bertz CT molecular complexity index is 782. The second-order valence-corrected chi connectivity index (χ2v) is 7.22. The first kappa shape index (κ1) is 17.8. The molecular weight excluding hydrogens is 321 g/mol. The monoisotopic (exact) mass is 342 g/mol. The Hall–Kier alpha value is -1.98. The zero-order valence-corrected chi connectivity index (χ0v) is 14.8. The van der Waals surface area contributed by atoms with Crippen LogP contribution in [0.3, 0.4) is 0 Å². The SMILES string of the molecule is CC1(C)OB(/C=C(/c2ccc(F)cc2)c2cccc(F)c2)OC1(C)C. The van der Waals surface area contributed by atoms with E-state index in [-0.39, 0.29) is 11.6 Å². The maximum absolute atomic E-state index is 13.7. The van der Waals surface area contributed by atoms with Gasteiger partial charge in [0.05, 0.1) is 11.2 Å². The summed E-state index contributed by atoms with van der Waals surface area (Å²) in [5, 5.41) is 0. The molecule has 3 rings (SSSR count). The lowest BCUT2D eigenvalue weighted by atomic mass is 9.82. The fourth-order valence-electron chi connectivity index (χ4n) is 2.74.